The first-order chi connectivity index (χ1) is 17.0. The highest BCUT2D eigenvalue weighted by Crippen LogP contribution is 2.47. The van der Waals surface area contributed by atoms with E-state index in [9.17, 15) is 9.59 Å². The number of Topliss-reactive ketones (excluding diaryl/α,β-unsaturated/α-hetero) is 1. The van der Waals surface area contributed by atoms with E-state index in [1.54, 1.807) is 0 Å². The Kier molecular flexibility index (Phi) is 6.69. The zero-order valence-corrected chi connectivity index (χ0v) is 21.0. The van der Waals surface area contributed by atoms with Gasteiger partial charge in [-0.15, -0.1) is 0 Å². The summed E-state index contributed by atoms with van der Waals surface area (Å²) in [5, 5.41) is 3.42. The SMILES string of the molecule is CC1=C(C(=O)OCc2ccccc2)[C@@H](c2ccccc2Br)C2=C(C[C@H](c3ccccc3)CC2=O)N1. The molecule has 1 N–H and O–H groups in total. The summed E-state index contributed by atoms with van der Waals surface area (Å²) in [5.41, 5.74) is 5.73. The zero-order chi connectivity index (χ0) is 24.4. The van der Waals surface area contributed by atoms with Crippen molar-refractivity contribution >= 4 is 27.7 Å². The van der Waals surface area contributed by atoms with Crippen molar-refractivity contribution in [1.82, 2.24) is 5.32 Å². The number of allylic oxidation sites excluding steroid dienone is 3. The molecule has 5 heteroatoms. The Hall–Kier alpha value is -3.44. The molecular formula is C30H26BrNO3. The predicted octanol–water partition coefficient (Wildman–Crippen LogP) is 6.55. The number of ether oxygens (including phenoxy) is 1. The molecule has 35 heavy (non-hydrogen) atoms. The summed E-state index contributed by atoms with van der Waals surface area (Å²) in [5.74, 6) is -0.734. The van der Waals surface area contributed by atoms with Gasteiger partial charge in [0.25, 0.3) is 0 Å². The van der Waals surface area contributed by atoms with Gasteiger partial charge in [-0.25, -0.2) is 4.79 Å². The van der Waals surface area contributed by atoms with E-state index < -0.39 is 11.9 Å². The van der Waals surface area contributed by atoms with Crippen LogP contribution >= 0.6 is 15.9 Å². The number of esters is 1. The van der Waals surface area contributed by atoms with E-state index in [-0.39, 0.29) is 18.3 Å². The van der Waals surface area contributed by atoms with E-state index in [1.165, 1.54) is 0 Å². The summed E-state index contributed by atoms with van der Waals surface area (Å²) in [4.78, 5) is 27.1. The first kappa shape index (κ1) is 23.3. The van der Waals surface area contributed by atoms with Crippen LogP contribution in [-0.2, 0) is 20.9 Å². The molecule has 1 heterocycles. The second-order valence-electron chi connectivity index (χ2n) is 9.01. The fourth-order valence-electron chi connectivity index (χ4n) is 5.09. The van der Waals surface area contributed by atoms with Crippen LogP contribution in [0.5, 0.6) is 0 Å². The number of halogens is 1. The molecule has 0 saturated heterocycles. The topological polar surface area (TPSA) is 55.4 Å². The van der Waals surface area contributed by atoms with Crippen LogP contribution < -0.4 is 5.32 Å². The molecule has 0 aromatic heterocycles. The van der Waals surface area contributed by atoms with Crippen molar-refractivity contribution in [2.24, 2.45) is 0 Å². The van der Waals surface area contributed by atoms with Crippen LogP contribution in [0.2, 0.25) is 0 Å². The number of ketones is 1. The van der Waals surface area contributed by atoms with Gasteiger partial charge in [0.05, 0.1) is 5.57 Å². The van der Waals surface area contributed by atoms with Crippen molar-refractivity contribution in [2.45, 2.75) is 38.2 Å². The first-order valence-corrected chi connectivity index (χ1v) is 12.6. The number of rotatable bonds is 5. The number of hydrogen-bond acceptors (Lipinski definition) is 4. The van der Waals surface area contributed by atoms with E-state index in [0.29, 0.717) is 17.6 Å². The normalized spacial score (nSPS) is 19.8. The minimum Gasteiger partial charge on any atom is -0.457 e. The lowest BCUT2D eigenvalue weighted by atomic mass is 9.72. The third-order valence-corrected chi connectivity index (χ3v) is 7.47. The Morgan fingerprint density at radius 1 is 0.943 bits per heavy atom. The Balaban J connectivity index is 1.53. The minimum absolute atomic E-state index is 0.0641. The summed E-state index contributed by atoms with van der Waals surface area (Å²) in [6, 6.07) is 27.5. The van der Waals surface area contributed by atoms with Gasteiger partial charge < -0.3 is 10.1 Å². The molecular weight excluding hydrogens is 502 g/mol. The molecule has 1 aliphatic heterocycles. The van der Waals surface area contributed by atoms with Crippen molar-refractivity contribution in [2.75, 3.05) is 0 Å². The number of hydrogen-bond donors (Lipinski definition) is 1. The van der Waals surface area contributed by atoms with Crippen LogP contribution in [0, 0.1) is 0 Å². The zero-order valence-electron chi connectivity index (χ0n) is 19.5. The number of dihydropyridines is 1. The van der Waals surface area contributed by atoms with Gasteiger partial charge in [0.2, 0.25) is 0 Å². The Morgan fingerprint density at radius 3 is 2.31 bits per heavy atom. The van der Waals surface area contributed by atoms with Crippen LogP contribution in [0.3, 0.4) is 0 Å². The Labute approximate surface area is 213 Å². The highest BCUT2D eigenvalue weighted by Gasteiger charge is 2.42. The first-order valence-electron chi connectivity index (χ1n) is 11.8. The molecule has 0 radical (unpaired) electrons. The molecule has 2 aliphatic rings. The van der Waals surface area contributed by atoms with E-state index in [0.717, 1.165) is 39.0 Å². The van der Waals surface area contributed by atoms with Gasteiger partial charge in [0.1, 0.15) is 6.61 Å². The van der Waals surface area contributed by atoms with Gasteiger partial charge in [-0.3, -0.25) is 4.79 Å². The molecule has 4 nitrogen and oxygen atoms in total. The lowest BCUT2D eigenvalue weighted by molar-refractivity contribution is -0.140. The smallest absolute Gasteiger partial charge is 0.337 e. The second kappa shape index (κ2) is 10.0. The van der Waals surface area contributed by atoms with Crippen LogP contribution in [0.25, 0.3) is 0 Å². The van der Waals surface area contributed by atoms with Crippen molar-refractivity contribution in [3.8, 4) is 0 Å². The molecule has 0 bridgehead atoms. The van der Waals surface area contributed by atoms with Gasteiger partial charge in [-0.05, 0) is 42.0 Å². The van der Waals surface area contributed by atoms with Crippen LogP contribution in [0.4, 0.5) is 0 Å². The van der Waals surface area contributed by atoms with Crippen molar-refractivity contribution in [3.05, 3.63) is 129 Å². The maximum absolute atomic E-state index is 13.7. The lowest BCUT2D eigenvalue weighted by Gasteiger charge is -2.37. The van der Waals surface area contributed by atoms with Crippen molar-refractivity contribution in [1.29, 1.82) is 0 Å². The standard InChI is InChI=1S/C30H26BrNO3/c1-19-27(30(34)35-18-20-10-4-2-5-11-20)28(23-14-8-9-15-24(23)31)29-25(32-19)16-22(17-26(29)33)21-12-6-3-7-13-21/h2-15,22,28,32H,16-18H2,1H3/t22-,28+/m0/s1. The predicted molar refractivity (Wildman–Crippen MR) is 139 cm³/mol. The second-order valence-corrected chi connectivity index (χ2v) is 9.87. The number of carbonyl (C=O) groups is 2. The van der Waals surface area contributed by atoms with E-state index in [1.807, 2.05) is 79.7 Å². The summed E-state index contributed by atoms with van der Waals surface area (Å²) >= 11 is 3.66. The molecule has 2 atom stereocenters. The fraction of sp³-hybridized carbons (Fsp3) is 0.200. The molecule has 0 spiro atoms. The third-order valence-electron chi connectivity index (χ3n) is 6.75. The third kappa shape index (κ3) is 4.73. The highest BCUT2D eigenvalue weighted by atomic mass is 79.9. The Bertz CT molecular complexity index is 1330. The fourth-order valence-corrected chi connectivity index (χ4v) is 5.61. The maximum Gasteiger partial charge on any atom is 0.337 e. The average molecular weight is 528 g/mol. The van der Waals surface area contributed by atoms with Crippen molar-refractivity contribution < 1.29 is 14.3 Å². The van der Waals surface area contributed by atoms with E-state index in [2.05, 4.69) is 33.4 Å². The number of carbonyl (C=O) groups excluding carboxylic acids is 2. The minimum atomic E-state index is -0.491. The number of benzene rings is 3. The van der Waals surface area contributed by atoms with E-state index in [4.69, 9.17) is 4.74 Å². The highest BCUT2D eigenvalue weighted by molar-refractivity contribution is 9.10. The van der Waals surface area contributed by atoms with Gasteiger partial charge in [-0.2, -0.15) is 0 Å². The average Bonchev–Trinajstić information content (AvgIpc) is 2.88. The molecule has 3 aromatic rings. The Morgan fingerprint density at radius 2 is 1.60 bits per heavy atom. The summed E-state index contributed by atoms with van der Waals surface area (Å²) < 4.78 is 6.61. The summed E-state index contributed by atoms with van der Waals surface area (Å²) in [6.07, 6.45) is 1.13. The van der Waals surface area contributed by atoms with Crippen LogP contribution in [0.1, 0.15) is 48.3 Å². The molecule has 0 fully saturated rings. The van der Waals surface area contributed by atoms with Gasteiger partial charge in [0.15, 0.2) is 5.78 Å². The maximum atomic E-state index is 13.7. The quantitative estimate of drug-likeness (QED) is 0.382. The largest absolute Gasteiger partial charge is 0.457 e. The van der Waals surface area contributed by atoms with Crippen molar-refractivity contribution in [3.63, 3.8) is 0 Å². The molecule has 3 aromatic carbocycles. The van der Waals surface area contributed by atoms with Gasteiger partial charge in [-0.1, -0.05) is 94.8 Å². The monoisotopic (exact) mass is 527 g/mol. The molecule has 1 aliphatic carbocycles. The van der Waals surface area contributed by atoms with Gasteiger partial charge >= 0.3 is 5.97 Å². The summed E-state index contributed by atoms with van der Waals surface area (Å²) in [6.45, 7) is 2.07. The van der Waals surface area contributed by atoms with Crippen LogP contribution in [-0.4, -0.2) is 11.8 Å². The van der Waals surface area contributed by atoms with Crippen LogP contribution in [0.15, 0.2) is 112 Å². The van der Waals surface area contributed by atoms with Gasteiger partial charge in [0, 0.05) is 33.8 Å². The lowest BCUT2D eigenvalue weighted by Crippen LogP contribution is -2.36. The molecule has 0 amide bonds. The number of nitrogens with one attached hydrogen (secondary N) is 1. The molecule has 176 valence electrons. The summed E-state index contributed by atoms with van der Waals surface area (Å²) in [7, 11) is 0. The molecule has 0 unspecified atom stereocenters. The van der Waals surface area contributed by atoms with E-state index >= 15 is 0 Å². The molecule has 0 saturated carbocycles. The molecule has 5 rings (SSSR count).